The fraction of sp³-hybridized carbons (Fsp3) is 0.176. The Morgan fingerprint density at radius 3 is 2.14 bits per heavy atom. The first-order chi connectivity index (χ1) is 10.7. The topological polar surface area (TPSA) is 58.6 Å². The van der Waals surface area contributed by atoms with E-state index in [4.69, 9.17) is 4.84 Å². The molecule has 0 radical (unpaired) electrons. The van der Waals surface area contributed by atoms with Crippen LogP contribution >= 0.6 is 0 Å². The van der Waals surface area contributed by atoms with E-state index < -0.39 is 12.1 Å². The normalized spacial score (nSPS) is 17.6. The molecule has 2 aromatic carbocycles. The maximum Gasteiger partial charge on any atom is 0.349 e. The van der Waals surface area contributed by atoms with Gasteiger partial charge in [0, 0.05) is 6.42 Å². The van der Waals surface area contributed by atoms with Gasteiger partial charge in [-0.05, 0) is 11.1 Å². The highest BCUT2D eigenvalue weighted by molar-refractivity contribution is 6.03. The number of nitrogens with one attached hydrogen (secondary N) is 1. The number of urea groups is 1. The Balaban J connectivity index is 1.62. The Labute approximate surface area is 128 Å². The molecule has 0 saturated carbocycles. The van der Waals surface area contributed by atoms with Gasteiger partial charge >= 0.3 is 6.03 Å². The first-order valence-corrected chi connectivity index (χ1v) is 7.09. The highest BCUT2D eigenvalue weighted by Crippen LogP contribution is 2.14. The van der Waals surface area contributed by atoms with Crippen LogP contribution in [-0.2, 0) is 22.7 Å². The first kappa shape index (κ1) is 14.3. The Hall–Kier alpha value is -2.66. The van der Waals surface area contributed by atoms with Crippen LogP contribution in [0.3, 0.4) is 0 Å². The van der Waals surface area contributed by atoms with E-state index in [0.29, 0.717) is 6.42 Å². The zero-order valence-corrected chi connectivity index (χ0v) is 11.9. The van der Waals surface area contributed by atoms with Gasteiger partial charge in [-0.2, -0.15) is 0 Å². The Morgan fingerprint density at radius 2 is 1.50 bits per heavy atom. The summed E-state index contributed by atoms with van der Waals surface area (Å²) in [4.78, 5) is 29.5. The molecule has 1 saturated heterocycles. The van der Waals surface area contributed by atoms with Crippen LogP contribution in [0.4, 0.5) is 4.79 Å². The summed E-state index contributed by atoms with van der Waals surface area (Å²) < 4.78 is 0. The maximum absolute atomic E-state index is 12.3. The van der Waals surface area contributed by atoms with Gasteiger partial charge in [0.2, 0.25) is 0 Å². The molecule has 5 nitrogen and oxygen atoms in total. The van der Waals surface area contributed by atoms with Gasteiger partial charge in [0.15, 0.2) is 0 Å². The number of hydrogen-bond acceptors (Lipinski definition) is 3. The summed E-state index contributed by atoms with van der Waals surface area (Å²) in [6.45, 7) is 0.179. The summed E-state index contributed by atoms with van der Waals surface area (Å²) in [7, 11) is 0. The molecule has 0 aliphatic carbocycles. The summed E-state index contributed by atoms with van der Waals surface area (Å²) in [5.74, 6) is -0.357. The molecular weight excluding hydrogens is 280 g/mol. The summed E-state index contributed by atoms with van der Waals surface area (Å²) in [5.41, 5.74) is 1.89. The fourth-order valence-corrected chi connectivity index (χ4v) is 2.33. The van der Waals surface area contributed by atoms with Gasteiger partial charge in [-0.1, -0.05) is 60.7 Å². The fourth-order valence-electron chi connectivity index (χ4n) is 2.33. The van der Waals surface area contributed by atoms with E-state index in [1.54, 1.807) is 0 Å². The molecule has 2 aromatic rings. The van der Waals surface area contributed by atoms with E-state index >= 15 is 0 Å². The van der Waals surface area contributed by atoms with Crippen molar-refractivity contribution in [2.45, 2.75) is 19.1 Å². The minimum absolute atomic E-state index is 0.179. The van der Waals surface area contributed by atoms with Crippen molar-refractivity contribution in [1.29, 1.82) is 0 Å². The molecule has 112 valence electrons. The van der Waals surface area contributed by atoms with Gasteiger partial charge in [-0.15, -0.1) is 5.06 Å². The molecule has 3 rings (SSSR count). The van der Waals surface area contributed by atoms with Crippen molar-refractivity contribution in [2.75, 3.05) is 0 Å². The number of imide groups is 1. The van der Waals surface area contributed by atoms with Crippen LogP contribution in [0.5, 0.6) is 0 Å². The number of nitrogens with zero attached hydrogens (tertiary/aromatic N) is 1. The molecule has 1 heterocycles. The third-order valence-electron chi connectivity index (χ3n) is 3.47. The van der Waals surface area contributed by atoms with Crippen molar-refractivity contribution in [2.24, 2.45) is 0 Å². The number of rotatable bonds is 5. The molecule has 0 aromatic heterocycles. The molecule has 1 N–H and O–H groups in total. The smallest absolute Gasteiger partial charge is 0.324 e. The van der Waals surface area contributed by atoms with Crippen molar-refractivity contribution >= 4 is 11.9 Å². The monoisotopic (exact) mass is 296 g/mol. The van der Waals surface area contributed by atoms with Crippen LogP contribution in [0.2, 0.25) is 0 Å². The van der Waals surface area contributed by atoms with Gasteiger partial charge < -0.3 is 5.32 Å². The number of carbonyl (C=O) groups excluding carboxylic acids is 2. The molecule has 5 heteroatoms. The number of hydrogen-bond donors (Lipinski definition) is 1. The van der Waals surface area contributed by atoms with Crippen molar-refractivity contribution in [1.82, 2.24) is 10.4 Å². The average molecular weight is 296 g/mol. The number of hydroxylamine groups is 2. The Bertz CT molecular complexity index is 658. The number of carbonyl (C=O) groups is 2. The zero-order chi connectivity index (χ0) is 15.4. The lowest BCUT2D eigenvalue weighted by Gasteiger charge is -2.12. The summed E-state index contributed by atoms with van der Waals surface area (Å²) in [6.07, 6.45) is 0.455. The van der Waals surface area contributed by atoms with E-state index in [1.807, 2.05) is 60.7 Å². The van der Waals surface area contributed by atoms with Crippen LogP contribution in [0.1, 0.15) is 11.1 Å². The van der Waals surface area contributed by atoms with Crippen molar-refractivity contribution in [3.8, 4) is 0 Å². The van der Waals surface area contributed by atoms with Crippen LogP contribution < -0.4 is 5.32 Å². The highest BCUT2D eigenvalue weighted by Gasteiger charge is 2.39. The minimum atomic E-state index is -0.578. The van der Waals surface area contributed by atoms with Gasteiger partial charge in [-0.25, -0.2) is 4.79 Å². The van der Waals surface area contributed by atoms with Gasteiger partial charge in [0.1, 0.15) is 12.6 Å². The van der Waals surface area contributed by atoms with Crippen molar-refractivity contribution in [3.63, 3.8) is 0 Å². The third-order valence-corrected chi connectivity index (χ3v) is 3.47. The molecule has 3 amide bonds. The largest absolute Gasteiger partial charge is 0.349 e. The van der Waals surface area contributed by atoms with Crippen LogP contribution in [0, 0.1) is 0 Å². The molecule has 0 bridgehead atoms. The number of amides is 3. The minimum Gasteiger partial charge on any atom is -0.324 e. The van der Waals surface area contributed by atoms with Crippen LogP contribution in [-0.4, -0.2) is 23.0 Å². The van der Waals surface area contributed by atoms with E-state index in [-0.39, 0.29) is 12.5 Å². The second-order valence-corrected chi connectivity index (χ2v) is 5.08. The lowest BCUT2D eigenvalue weighted by atomic mass is 10.1. The molecular formula is C17H16N2O3. The molecule has 22 heavy (non-hydrogen) atoms. The second kappa shape index (κ2) is 6.41. The molecule has 0 unspecified atom stereocenters. The van der Waals surface area contributed by atoms with E-state index in [2.05, 4.69) is 5.32 Å². The SMILES string of the molecule is O=C1N[C@H](Cc2ccccc2)C(=O)N1OCc1ccccc1. The highest BCUT2D eigenvalue weighted by atomic mass is 16.7. The van der Waals surface area contributed by atoms with Gasteiger partial charge in [0.05, 0.1) is 0 Å². The third kappa shape index (κ3) is 3.15. The summed E-state index contributed by atoms with van der Waals surface area (Å²) >= 11 is 0. The predicted octanol–water partition coefficient (Wildman–Crippen LogP) is 2.28. The molecule has 1 atom stereocenters. The average Bonchev–Trinajstić information content (AvgIpc) is 2.81. The Kier molecular flexibility index (Phi) is 4.16. The van der Waals surface area contributed by atoms with E-state index in [0.717, 1.165) is 16.2 Å². The first-order valence-electron chi connectivity index (χ1n) is 7.09. The van der Waals surface area contributed by atoms with Crippen molar-refractivity contribution in [3.05, 3.63) is 71.8 Å². The second-order valence-electron chi connectivity index (χ2n) is 5.08. The summed E-state index contributed by atoms with van der Waals surface area (Å²) in [5, 5.41) is 3.47. The number of benzene rings is 2. The van der Waals surface area contributed by atoms with E-state index in [1.165, 1.54) is 0 Å². The molecule has 0 spiro atoms. The molecule has 1 aliphatic rings. The molecule has 1 fully saturated rings. The lowest BCUT2D eigenvalue weighted by Crippen LogP contribution is -2.32. The van der Waals surface area contributed by atoms with Gasteiger partial charge in [-0.3, -0.25) is 9.63 Å². The standard InChI is InChI=1S/C17H16N2O3/c20-16-15(11-13-7-3-1-4-8-13)18-17(21)19(16)22-12-14-9-5-2-6-10-14/h1-10,15H,11-12H2,(H,18,21)/t15-/m1/s1. The quantitative estimate of drug-likeness (QED) is 0.861. The van der Waals surface area contributed by atoms with Crippen molar-refractivity contribution < 1.29 is 14.4 Å². The van der Waals surface area contributed by atoms with Crippen LogP contribution in [0.15, 0.2) is 60.7 Å². The van der Waals surface area contributed by atoms with Crippen LogP contribution in [0.25, 0.3) is 0 Å². The van der Waals surface area contributed by atoms with Gasteiger partial charge in [0.25, 0.3) is 5.91 Å². The predicted molar refractivity (Wildman–Crippen MR) is 80.5 cm³/mol. The maximum atomic E-state index is 12.3. The Morgan fingerprint density at radius 1 is 0.909 bits per heavy atom. The van der Waals surface area contributed by atoms with E-state index in [9.17, 15) is 9.59 Å². The lowest BCUT2D eigenvalue weighted by molar-refractivity contribution is -0.167. The molecule has 1 aliphatic heterocycles. The zero-order valence-electron chi connectivity index (χ0n) is 11.9. The summed E-state index contributed by atoms with van der Waals surface area (Å²) in [6, 6.07) is 17.9.